The first-order chi connectivity index (χ1) is 19.3. The Labute approximate surface area is 229 Å². The number of nitrogens with one attached hydrogen (secondary N) is 5. The molecule has 0 spiro atoms. The highest BCUT2D eigenvalue weighted by Gasteiger charge is 2.19. The summed E-state index contributed by atoms with van der Waals surface area (Å²) in [5.74, 6) is -2.64. The highest BCUT2D eigenvalue weighted by molar-refractivity contribution is 5.95. The van der Waals surface area contributed by atoms with Gasteiger partial charge in [-0.1, -0.05) is 60.7 Å². The lowest BCUT2D eigenvalue weighted by atomic mass is 10.2. The van der Waals surface area contributed by atoms with Gasteiger partial charge in [0.2, 0.25) is 11.8 Å². The summed E-state index contributed by atoms with van der Waals surface area (Å²) in [7, 11) is 0. The standard InChI is InChI=1S/C27H29N5O8/c33-22(28-15-20(13-24(34)35)31-27(38)39-17-19-9-5-2-6-10-19)16-29-25(36)21-11-12-23(40-21)32-26(37)30-14-18-7-3-1-4-8-18/h1-12,20H,13-17H2,(H,28,33)(H,29,36)(H,31,38)(H,34,35)(H2,30,32,37)/t20-/m1/s1. The van der Waals surface area contributed by atoms with E-state index in [2.05, 4.69) is 26.6 Å². The van der Waals surface area contributed by atoms with E-state index < -0.39 is 48.9 Å². The van der Waals surface area contributed by atoms with Gasteiger partial charge in [0.15, 0.2) is 5.76 Å². The molecule has 5 amide bonds. The average molecular weight is 552 g/mol. The molecule has 0 aliphatic carbocycles. The van der Waals surface area contributed by atoms with Crippen molar-refractivity contribution in [3.63, 3.8) is 0 Å². The number of carboxylic acids is 1. The first-order valence-corrected chi connectivity index (χ1v) is 12.2. The van der Waals surface area contributed by atoms with Gasteiger partial charge < -0.3 is 35.5 Å². The molecule has 6 N–H and O–H groups in total. The van der Waals surface area contributed by atoms with Gasteiger partial charge in [-0.3, -0.25) is 19.7 Å². The summed E-state index contributed by atoms with van der Waals surface area (Å²) >= 11 is 0. The fourth-order valence-corrected chi connectivity index (χ4v) is 3.33. The monoisotopic (exact) mass is 551 g/mol. The van der Waals surface area contributed by atoms with Crippen LogP contribution in [0.15, 0.2) is 77.2 Å². The zero-order valence-electron chi connectivity index (χ0n) is 21.3. The molecule has 13 nitrogen and oxygen atoms in total. The average Bonchev–Trinajstić information content (AvgIpc) is 3.41. The molecule has 3 rings (SSSR count). The molecule has 0 saturated carbocycles. The molecular formula is C27H29N5O8. The SMILES string of the molecule is O=C(O)C[C@H](CNC(=O)CNC(=O)c1ccc(NC(=O)NCc2ccccc2)o1)NC(=O)OCc1ccccc1. The number of hydrogen-bond donors (Lipinski definition) is 6. The molecule has 13 heteroatoms. The van der Waals surface area contributed by atoms with Crippen LogP contribution in [0, 0.1) is 0 Å². The smallest absolute Gasteiger partial charge is 0.407 e. The quantitative estimate of drug-likeness (QED) is 0.186. The van der Waals surface area contributed by atoms with E-state index in [1.54, 1.807) is 24.3 Å². The van der Waals surface area contributed by atoms with Gasteiger partial charge in [-0.05, 0) is 17.2 Å². The number of alkyl carbamates (subject to hydrolysis) is 1. The minimum Gasteiger partial charge on any atom is -0.481 e. The number of carbonyl (C=O) groups is 5. The summed E-state index contributed by atoms with van der Waals surface area (Å²) in [5, 5.41) is 21.4. The van der Waals surface area contributed by atoms with Gasteiger partial charge in [-0.25, -0.2) is 9.59 Å². The van der Waals surface area contributed by atoms with Crippen molar-refractivity contribution in [2.75, 3.05) is 18.4 Å². The van der Waals surface area contributed by atoms with E-state index in [1.807, 2.05) is 36.4 Å². The van der Waals surface area contributed by atoms with Crippen molar-refractivity contribution in [1.82, 2.24) is 21.3 Å². The van der Waals surface area contributed by atoms with E-state index in [0.717, 1.165) is 11.1 Å². The molecule has 1 aromatic heterocycles. The minimum atomic E-state index is -1.19. The van der Waals surface area contributed by atoms with Crippen LogP contribution in [0.4, 0.5) is 15.5 Å². The summed E-state index contributed by atoms with van der Waals surface area (Å²) in [6.07, 6.45) is -1.30. The van der Waals surface area contributed by atoms with Crippen molar-refractivity contribution in [1.29, 1.82) is 0 Å². The van der Waals surface area contributed by atoms with E-state index in [0.29, 0.717) is 6.54 Å². The number of urea groups is 1. The zero-order valence-corrected chi connectivity index (χ0v) is 21.3. The molecule has 0 aliphatic heterocycles. The van der Waals surface area contributed by atoms with Crippen molar-refractivity contribution >= 4 is 35.8 Å². The first kappa shape index (κ1) is 29.2. The van der Waals surface area contributed by atoms with Crippen LogP contribution in [0.2, 0.25) is 0 Å². The third-order valence-corrected chi connectivity index (χ3v) is 5.27. The lowest BCUT2D eigenvalue weighted by Gasteiger charge is -2.17. The third-order valence-electron chi connectivity index (χ3n) is 5.27. The molecule has 1 heterocycles. The maximum absolute atomic E-state index is 12.3. The van der Waals surface area contributed by atoms with Crippen LogP contribution in [-0.4, -0.2) is 54.1 Å². The number of furan rings is 1. The summed E-state index contributed by atoms with van der Waals surface area (Å²) in [6.45, 7) is -0.368. The summed E-state index contributed by atoms with van der Waals surface area (Å²) in [6, 6.07) is 19.4. The summed E-state index contributed by atoms with van der Waals surface area (Å²) in [5.41, 5.74) is 1.66. The topological polar surface area (TPSA) is 188 Å². The van der Waals surface area contributed by atoms with Crippen LogP contribution in [0.25, 0.3) is 0 Å². The zero-order chi connectivity index (χ0) is 28.7. The molecule has 1 atom stereocenters. The van der Waals surface area contributed by atoms with E-state index in [-0.39, 0.29) is 24.8 Å². The largest absolute Gasteiger partial charge is 0.481 e. The third kappa shape index (κ3) is 10.6. The minimum absolute atomic E-state index is 0.00672. The van der Waals surface area contributed by atoms with E-state index in [4.69, 9.17) is 14.3 Å². The van der Waals surface area contributed by atoms with Crippen molar-refractivity contribution in [3.05, 3.63) is 89.7 Å². The number of anilines is 1. The van der Waals surface area contributed by atoms with E-state index in [1.165, 1.54) is 12.1 Å². The Morgan fingerprint density at radius 1 is 0.825 bits per heavy atom. The number of rotatable bonds is 13. The molecule has 0 saturated heterocycles. The maximum atomic E-state index is 12.3. The first-order valence-electron chi connectivity index (χ1n) is 12.2. The maximum Gasteiger partial charge on any atom is 0.407 e. The molecule has 3 aromatic rings. The summed E-state index contributed by atoms with van der Waals surface area (Å²) in [4.78, 5) is 59.8. The van der Waals surface area contributed by atoms with Crippen LogP contribution in [0.5, 0.6) is 0 Å². The Balaban J connectivity index is 1.38. The van der Waals surface area contributed by atoms with Crippen LogP contribution in [-0.2, 0) is 27.5 Å². The Kier molecular flexibility index (Phi) is 11.1. The van der Waals surface area contributed by atoms with Gasteiger partial charge >= 0.3 is 18.1 Å². The fraction of sp³-hybridized carbons (Fsp3) is 0.222. The molecule has 0 bridgehead atoms. The number of benzene rings is 2. The number of carboxylic acid groups (broad SMARTS) is 1. The van der Waals surface area contributed by atoms with Gasteiger partial charge in [0.25, 0.3) is 5.91 Å². The predicted octanol–water partition coefficient (Wildman–Crippen LogP) is 2.22. The summed E-state index contributed by atoms with van der Waals surface area (Å²) < 4.78 is 10.4. The number of aliphatic carboxylic acids is 1. The van der Waals surface area contributed by atoms with E-state index >= 15 is 0 Å². The molecular weight excluding hydrogens is 522 g/mol. The van der Waals surface area contributed by atoms with Crippen LogP contribution < -0.4 is 26.6 Å². The molecule has 210 valence electrons. The normalized spacial score (nSPS) is 11.0. The Morgan fingerprint density at radius 2 is 1.50 bits per heavy atom. The predicted molar refractivity (Wildman–Crippen MR) is 142 cm³/mol. The highest BCUT2D eigenvalue weighted by Crippen LogP contribution is 2.13. The second-order valence-electron chi connectivity index (χ2n) is 8.44. The van der Waals surface area contributed by atoms with Gasteiger partial charge in [-0.15, -0.1) is 0 Å². The van der Waals surface area contributed by atoms with Crippen LogP contribution in [0.3, 0.4) is 0 Å². The van der Waals surface area contributed by atoms with E-state index in [9.17, 15) is 24.0 Å². The second-order valence-corrected chi connectivity index (χ2v) is 8.44. The van der Waals surface area contributed by atoms with Crippen molar-refractivity contribution in [2.24, 2.45) is 0 Å². The van der Waals surface area contributed by atoms with Crippen LogP contribution >= 0.6 is 0 Å². The fourth-order valence-electron chi connectivity index (χ4n) is 3.33. The molecule has 40 heavy (non-hydrogen) atoms. The van der Waals surface area contributed by atoms with Crippen molar-refractivity contribution in [3.8, 4) is 0 Å². The second kappa shape index (κ2) is 15.2. The van der Waals surface area contributed by atoms with Gasteiger partial charge in [0.05, 0.1) is 19.0 Å². The molecule has 0 radical (unpaired) electrons. The number of ether oxygens (including phenoxy) is 1. The molecule has 0 aliphatic rings. The van der Waals surface area contributed by atoms with Crippen LogP contribution in [0.1, 0.15) is 28.1 Å². The van der Waals surface area contributed by atoms with Crippen molar-refractivity contribution in [2.45, 2.75) is 25.6 Å². The van der Waals surface area contributed by atoms with Gasteiger partial charge in [0, 0.05) is 19.2 Å². The molecule has 2 aromatic carbocycles. The van der Waals surface area contributed by atoms with Gasteiger partial charge in [0.1, 0.15) is 6.61 Å². The molecule has 0 unspecified atom stereocenters. The lowest BCUT2D eigenvalue weighted by molar-refractivity contribution is -0.137. The number of hydrogen-bond acceptors (Lipinski definition) is 7. The number of amides is 5. The highest BCUT2D eigenvalue weighted by atomic mass is 16.5. The number of carbonyl (C=O) groups excluding carboxylic acids is 4. The molecule has 0 fully saturated rings. The Hall–Kier alpha value is -5.33. The van der Waals surface area contributed by atoms with Crippen molar-refractivity contribution < 1.29 is 38.2 Å². The Bertz CT molecular complexity index is 1300. The Morgan fingerprint density at radius 3 is 2.17 bits per heavy atom. The lowest BCUT2D eigenvalue weighted by Crippen LogP contribution is -2.47. The van der Waals surface area contributed by atoms with Gasteiger partial charge in [-0.2, -0.15) is 0 Å².